The molecule has 1 aromatic heterocycles. The molecule has 200 valence electrons. The van der Waals surface area contributed by atoms with Crippen molar-refractivity contribution >= 4 is 34.7 Å². The Morgan fingerprint density at radius 3 is 2.73 bits per heavy atom. The van der Waals surface area contributed by atoms with Crippen LogP contribution in [0.15, 0.2) is 54.1 Å². The van der Waals surface area contributed by atoms with Crippen LogP contribution in [0.2, 0.25) is 5.02 Å². The maximum absolute atomic E-state index is 14.6. The summed E-state index contributed by atoms with van der Waals surface area (Å²) in [6.07, 6.45) is 4.86. The molecule has 0 bridgehead atoms. The number of halogens is 2. The van der Waals surface area contributed by atoms with E-state index in [1.165, 1.54) is 12.1 Å². The van der Waals surface area contributed by atoms with E-state index in [-0.39, 0.29) is 11.7 Å². The predicted molar refractivity (Wildman–Crippen MR) is 148 cm³/mol. The van der Waals surface area contributed by atoms with Gasteiger partial charge < -0.3 is 26.2 Å². The molecule has 3 rings (SSSR count). The maximum Gasteiger partial charge on any atom is 0.226 e. The lowest BCUT2D eigenvalue weighted by Gasteiger charge is -2.32. The van der Waals surface area contributed by atoms with Gasteiger partial charge in [-0.1, -0.05) is 18.5 Å². The summed E-state index contributed by atoms with van der Waals surface area (Å²) in [5.41, 5.74) is 5.55. The van der Waals surface area contributed by atoms with Crippen LogP contribution in [-0.4, -0.2) is 68.1 Å². The molecule has 1 aliphatic heterocycles. The summed E-state index contributed by atoms with van der Waals surface area (Å²) in [4.78, 5) is 19.1. The van der Waals surface area contributed by atoms with E-state index in [2.05, 4.69) is 43.5 Å². The number of benzene rings is 1. The van der Waals surface area contributed by atoms with Crippen molar-refractivity contribution in [2.24, 2.45) is 0 Å². The van der Waals surface area contributed by atoms with Gasteiger partial charge in [-0.2, -0.15) is 0 Å². The van der Waals surface area contributed by atoms with Gasteiger partial charge in [0.2, 0.25) is 5.91 Å². The number of aromatic nitrogens is 1. The average Bonchev–Trinajstić information content (AvgIpc) is 2.88. The Morgan fingerprint density at radius 2 is 2.00 bits per heavy atom. The lowest BCUT2D eigenvalue weighted by Crippen LogP contribution is -2.41. The van der Waals surface area contributed by atoms with Gasteiger partial charge in [0.25, 0.3) is 0 Å². The molecule has 0 unspecified atom stereocenters. The molecule has 0 saturated carbocycles. The highest BCUT2D eigenvalue weighted by atomic mass is 35.5. The molecular weight excluding hydrogens is 495 g/mol. The third kappa shape index (κ3) is 8.08. The molecule has 1 amide bonds. The molecule has 2 heterocycles. The molecule has 37 heavy (non-hydrogen) atoms. The summed E-state index contributed by atoms with van der Waals surface area (Å²) in [6, 6.07) is 8.00. The highest BCUT2D eigenvalue weighted by Crippen LogP contribution is 2.28. The predicted octanol–water partition coefficient (Wildman–Crippen LogP) is 3.43. The Balaban J connectivity index is 1.72. The van der Waals surface area contributed by atoms with Crippen molar-refractivity contribution in [1.82, 2.24) is 31.0 Å². The molecule has 0 aliphatic carbocycles. The van der Waals surface area contributed by atoms with Gasteiger partial charge in [-0.25, -0.2) is 9.37 Å². The zero-order chi connectivity index (χ0) is 26.8. The van der Waals surface area contributed by atoms with Crippen LogP contribution in [0.5, 0.6) is 0 Å². The van der Waals surface area contributed by atoms with Crippen LogP contribution in [0, 0.1) is 5.82 Å². The van der Waals surface area contributed by atoms with Gasteiger partial charge >= 0.3 is 0 Å². The quantitative estimate of drug-likeness (QED) is 0.269. The van der Waals surface area contributed by atoms with Gasteiger partial charge in [0.05, 0.1) is 11.4 Å². The summed E-state index contributed by atoms with van der Waals surface area (Å²) >= 11 is 6.12. The van der Waals surface area contributed by atoms with Crippen LogP contribution >= 0.6 is 11.6 Å². The minimum Gasteiger partial charge on any atom is -0.372 e. The summed E-state index contributed by atoms with van der Waals surface area (Å²) in [7, 11) is 5.50. The van der Waals surface area contributed by atoms with Gasteiger partial charge in [0, 0.05) is 68.7 Å². The van der Waals surface area contributed by atoms with E-state index in [1.807, 2.05) is 13.1 Å². The number of hydrazine groups is 1. The fourth-order valence-corrected chi connectivity index (χ4v) is 4.13. The van der Waals surface area contributed by atoms with E-state index in [0.717, 1.165) is 26.1 Å². The number of hydrogen-bond acceptors (Lipinski definition) is 8. The summed E-state index contributed by atoms with van der Waals surface area (Å²) in [6.45, 7) is 5.55. The number of rotatable bonds is 13. The number of nitrogens with one attached hydrogen (secondary N) is 5. The van der Waals surface area contributed by atoms with Crippen molar-refractivity contribution in [2.45, 2.75) is 19.8 Å². The lowest BCUT2D eigenvalue weighted by molar-refractivity contribution is -0.116. The van der Waals surface area contributed by atoms with E-state index in [1.54, 1.807) is 43.5 Å². The second-order valence-electron chi connectivity index (χ2n) is 8.66. The summed E-state index contributed by atoms with van der Waals surface area (Å²) in [5.74, 6) is 0.664. The largest absolute Gasteiger partial charge is 0.372 e. The first kappa shape index (κ1) is 28.2. The summed E-state index contributed by atoms with van der Waals surface area (Å²) < 4.78 is 14.6. The average molecular weight is 531 g/mol. The Bertz CT molecular complexity index is 1140. The molecular formula is C26H36ClFN8O. The summed E-state index contributed by atoms with van der Waals surface area (Å²) in [5, 5.41) is 14.6. The zero-order valence-corrected chi connectivity index (χ0v) is 22.5. The fourth-order valence-electron chi connectivity index (χ4n) is 3.95. The SMILES string of the molecule is CCCN(CCNC)CCC(=O)Nc1cc(NC2=C(NC)NN(C)C(c3cc(Cl)ccc3F)=C2)ccn1. The second-order valence-corrected chi connectivity index (χ2v) is 9.10. The molecule has 0 saturated heterocycles. The van der Waals surface area contributed by atoms with Crippen molar-refractivity contribution in [3.8, 4) is 0 Å². The van der Waals surface area contributed by atoms with Crippen LogP contribution < -0.4 is 26.7 Å². The van der Waals surface area contributed by atoms with Crippen molar-refractivity contribution in [2.75, 3.05) is 58.0 Å². The van der Waals surface area contributed by atoms with Gasteiger partial charge in [0.15, 0.2) is 0 Å². The number of carbonyl (C=O) groups is 1. The fraction of sp³-hybridized carbons (Fsp3) is 0.385. The van der Waals surface area contributed by atoms with E-state index in [4.69, 9.17) is 11.6 Å². The standard InChI is InChI=1S/C26H36ClFN8O/c1-5-12-36(14-11-29-2)13-9-25(37)33-24-16-19(8-10-31-24)32-22-17-23(35(4)34-26(22)30-3)20-15-18(27)6-7-21(20)28/h6-8,10,15-17,29-30,34H,5,9,11-14H2,1-4H3,(H2,31,32,33,37). The smallest absolute Gasteiger partial charge is 0.226 e. The lowest BCUT2D eigenvalue weighted by atomic mass is 10.1. The molecule has 1 aromatic carbocycles. The Hall–Kier alpha value is -3.34. The number of anilines is 2. The first-order chi connectivity index (χ1) is 17.8. The Labute approximate surface area is 223 Å². The van der Waals surface area contributed by atoms with Gasteiger partial charge in [-0.3, -0.25) is 15.2 Å². The highest BCUT2D eigenvalue weighted by Gasteiger charge is 2.21. The highest BCUT2D eigenvalue weighted by molar-refractivity contribution is 6.30. The van der Waals surface area contributed by atoms with Crippen LogP contribution in [0.4, 0.5) is 15.9 Å². The molecule has 5 N–H and O–H groups in total. The van der Waals surface area contributed by atoms with Gasteiger partial charge in [-0.05, 0) is 50.4 Å². The molecule has 0 spiro atoms. The minimum atomic E-state index is -0.381. The molecule has 0 fully saturated rings. The maximum atomic E-state index is 14.6. The van der Waals surface area contributed by atoms with E-state index >= 15 is 0 Å². The van der Waals surface area contributed by atoms with Crippen LogP contribution in [-0.2, 0) is 4.79 Å². The number of carbonyl (C=O) groups excluding carboxylic acids is 1. The van der Waals surface area contributed by atoms with Crippen LogP contribution in [0.3, 0.4) is 0 Å². The molecule has 0 radical (unpaired) electrons. The first-order valence-electron chi connectivity index (χ1n) is 12.3. The Morgan fingerprint density at radius 1 is 1.19 bits per heavy atom. The van der Waals surface area contributed by atoms with Crippen molar-refractivity contribution < 1.29 is 9.18 Å². The molecule has 2 aromatic rings. The van der Waals surface area contributed by atoms with Crippen LogP contribution in [0.1, 0.15) is 25.3 Å². The first-order valence-corrected chi connectivity index (χ1v) is 12.7. The van der Waals surface area contributed by atoms with Gasteiger partial charge in [0.1, 0.15) is 17.5 Å². The van der Waals surface area contributed by atoms with Gasteiger partial charge in [-0.15, -0.1) is 0 Å². The molecule has 9 nitrogen and oxygen atoms in total. The molecule has 11 heteroatoms. The van der Waals surface area contributed by atoms with E-state index in [9.17, 15) is 9.18 Å². The second kappa shape index (κ2) is 13.8. The van der Waals surface area contributed by atoms with E-state index in [0.29, 0.717) is 52.3 Å². The monoisotopic (exact) mass is 530 g/mol. The minimum absolute atomic E-state index is 0.0927. The number of pyridine rings is 1. The van der Waals surface area contributed by atoms with Crippen molar-refractivity contribution in [3.05, 3.63) is 70.5 Å². The van der Waals surface area contributed by atoms with Crippen molar-refractivity contribution in [1.29, 1.82) is 0 Å². The van der Waals surface area contributed by atoms with E-state index < -0.39 is 0 Å². The number of allylic oxidation sites excluding steroid dienone is 1. The number of amides is 1. The number of likely N-dealkylation sites (N-methyl/N-ethyl adjacent to an activating group) is 1. The van der Waals surface area contributed by atoms with Crippen LogP contribution in [0.25, 0.3) is 5.70 Å². The molecule has 0 atom stereocenters. The van der Waals surface area contributed by atoms with Crippen molar-refractivity contribution in [3.63, 3.8) is 0 Å². The third-order valence-electron chi connectivity index (χ3n) is 5.83. The number of nitrogens with zero attached hydrogens (tertiary/aromatic N) is 3. The third-order valence-corrected chi connectivity index (χ3v) is 6.06. The zero-order valence-electron chi connectivity index (χ0n) is 21.8. The Kier molecular flexibility index (Phi) is 10.6. The normalized spacial score (nSPS) is 13.4. The molecule has 1 aliphatic rings. The topological polar surface area (TPSA) is 96.6 Å². The number of hydrogen-bond donors (Lipinski definition) is 5.